The second-order valence-electron chi connectivity index (χ2n) is 3.75. The van der Waals surface area contributed by atoms with Crippen LogP contribution in [0.5, 0.6) is 0 Å². The Morgan fingerprint density at radius 1 is 1.47 bits per heavy atom. The van der Waals surface area contributed by atoms with Crippen LogP contribution < -0.4 is 10.0 Å². The van der Waals surface area contributed by atoms with E-state index in [1.165, 1.54) is 0 Å². The minimum Gasteiger partial charge on any atom is -0.381 e. The SMILES string of the molecule is CCNS(=O)(=O)CCNCC1CCOC1. The normalized spacial score (nSPS) is 22.1. The van der Waals surface area contributed by atoms with Gasteiger partial charge in [-0.15, -0.1) is 0 Å². The Balaban J connectivity index is 2.05. The van der Waals surface area contributed by atoms with Gasteiger partial charge in [-0.2, -0.15) is 0 Å². The number of hydrogen-bond donors (Lipinski definition) is 2. The fourth-order valence-electron chi connectivity index (χ4n) is 1.55. The fourth-order valence-corrected chi connectivity index (χ4v) is 2.55. The first-order valence-electron chi connectivity index (χ1n) is 5.40. The Hall–Kier alpha value is -0.170. The second kappa shape index (κ2) is 6.42. The monoisotopic (exact) mass is 236 g/mol. The van der Waals surface area contributed by atoms with Gasteiger partial charge in [-0.3, -0.25) is 0 Å². The topological polar surface area (TPSA) is 67.4 Å². The summed E-state index contributed by atoms with van der Waals surface area (Å²) >= 11 is 0. The highest BCUT2D eigenvalue weighted by Crippen LogP contribution is 2.10. The highest BCUT2D eigenvalue weighted by Gasteiger charge is 2.15. The predicted molar refractivity (Wildman–Crippen MR) is 59.3 cm³/mol. The smallest absolute Gasteiger partial charge is 0.212 e. The van der Waals surface area contributed by atoms with E-state index in [4.69, 9.17) is 4.74 Å². The average molecular weight is 236 g/mol. The third-order valence-corrected chi connectivity index (χ3v) is 3.84. The first kappa shape index (κ1) is 12.9. The minimum absolute atomic E-state index is 0.147. The molecule has 0 saturated carbocycles. The maximum Gasteiger partial charge on any atom is 0.212 e. The molecular weight excluding hydrogens is 216 g/mol. The Morgan fingerprint density at radius 2 is 2.27 bits per heavy atom. The summed E-state index contributed by atoms with van der Waals surface area (Å²) in [5.74, 6) is 0.695. The molecule has 1 fully saturated rings. The van der Waals surface area contributed by atoms with Crippen LogP contribution in [0.25, 0.3) is 0 Å². The third kappa shape index (κ3) is 5.46. The quantitative estimate of drug-likeness (QED) is 0.588. The van der Waals surface area contributed by atoms with E-state index in [0.717, 1.165) is 26.2 Å². The highest BCUT2D eigenvalue weighted by molar-refractivity contribution is 7.89. The Kier molecular flexibility index (Phi) is 5.52. The largest absolute Gasteiger partial charge is 0.381 e. The van der Waals surface area contributed by atoms with Crippen LogP contribution in [0, 0.1) is 5.92 Å². The molecule has 5 nitrogen and oxygen atoms in total. The minimum atomic E-state index is -3.07. The molecule has 1 aliphatic rings. The van der Waals surface area contributed by atoms with Crippen molar-refractivity contribution in [2.24, 2.45) is 5.92 Å². The summed E-state index contributed by atoms with van der Waals surface area (Å²) in [7, 11) is -3.07. The molecule has 0 aromatic carbocycles. The van der Waals surface area contributed by atoms with Gasteiger partial charge in [-0.25, -0.2) is 13.1 Å². The van der Waals surface area contributed by atoms with Crippen molar-refractivity contribution in [2.75, 3.05) is 38.6 Å². The number of sulfonamides is 1. The number of rotatable bonds is 7. The fraction of sp³-hybridized carbons (Fsp3) is 1.00. The van der Waals surface area contributed by atoms with Crippen molar-refractivity contribution in [3.05, 3.63) is 0 Å². The van der Waals surface area contributed by atoms with Crippen molar-refractivity contribution in [1.29, 1.82) is 0 Å². The van der Waals surface area contributed by atoms with E-state index < -0.39 is 10.0 Å². The van der Waals surface area contributed by atoms with E-state index in [1.807, 2.05) is 0 Å². The number of hydrogen-bond acceptors (Lipinski definition) is 4. The molecule has 1 saturated heterocycles. The Labute approximate surface area is 91.6 Å². The lowest BCUT2D eigenvalue weighted by Crippen LogP contribution is -2.33. The summed E-state index contributed by atoms with van der Waals surface area (Å²) in [6.07, 6.45) is 1.08. The predicted octanol–water partition coefficient (Wildman–Crippen LogP) is -0.448. The van der Waals surface area contributed by atoms with Gasteiger partial charge in [0.15, 0.2) is 0 Å². The van der Waals surface area contributed by atoms with E-state index in [1.54, 1.807) is 6.92 Å². The molecule has 1 atom stereocenters. The molecule has 0 spiro atoms. The first-order chi connectivity index (χ1) is 7.14. The maximum absolute atomic E-state index is 11.3. The molecule has 0 aliphatic carbocycles. The summed E-state index contributed by atoms with van der Waals surface area (Å²) in [6, 6.07) is 0. The molecule has 0 amide bonds. The lowest BCUT2D eigenvalue weighted by atomic mass is 10.1. The number of nitrogens with one attached hydrogen (secondary N) is 2. The molecule has 0 aromatic rings. The molecule has 1 aliphatic heterocycles. The average Bonchev–Trinajstić information content (AvgIpc) is 2.65. The van der Waals surface area contributed by atoms with Gasteiger partial charge in [0.25, 0.3) is 0 Å². The van der Waals surface area contributed by atoms with Crippen LogP contribution in [0.1, 0.15) is 13.3 Å². The molecule has 1 unspecified atom stereocenters. The molecule has 90 valence electrons. The summed E-state index contributed by atoms with van der Waals surface area (Å²) in [5, 5.41) is 3.14. The molecule has 0 radical (unpaired) electrons. The van der Waals surface area contributed by atoms with Gasteiger partial charge in [-0.1, -0.05) is 6.92 Å². The van der Waals surface area contributed by atoms with E-state index in [-0.39, 0.29) is 5.75 Å². The second-order valence-corrected chi connectivity index (χ2v) is 5.68. The third-order valence-electron chi connectivity index (χ3n) is 2.37. The lowest BCUT2D eigenvalue weighted by Gasteiger charge is -2.09. The van der Waals surface area contributed by atoms with Crippen molar-refractivity contribution in [3.63, 3.8) is 0 Å². The van der Waals surface area contributed by atoms with E-state index in [2.05, 4.69) is 10.0 Å². The summed E-state index contributed by atoms with van der Waals surface area (Å²) in [6.45, 7) is 5.22. The number of ether oxygens (including phenoxy) is 1. The maximum atomic E-state index is 11.3. The van der Waals surface area contributed by atoms with Gasteiger partial charge in [0.1, 0.15) is 0 Å². The van der Waals surface area contributed by atoms with Crippen LogP contribution in [0.15, 0.2) is 0 Å². The Bertz CT molecular complexity index is 261. The molecule has 15 heavy (non-hydrogen) atoms. The molecule has 1 heterocycles. The van der Waals surface area contributed by atoms with Crippen LogP contribution in [0.4, 0.5) is 0 Å². The zero-order valence-corrected chi connectivity index (χ0v) is 9.98. The van der Waals surface area contributed by atoms with Crippen molar-refractivity contribution >= 4 is 10.0 Å². The molecule has 0 aromatic heterocycles. The zero-order chi connectivity index (χ0) is 11.1. The van der Waals surface area contributed by atoms with Gasteiger partial charge in [-0.05, 0) is 12.3 Å². The van der Waals surface area contributed by atoms with Crippen molar-refractivity contribution < 1.29 is 13.2 Å². The zero-order valence-electron chi connectivity index (χ0n) is 9.16. The van der Waals surface area contributed by atoms with Crippen LogP contribution in [-0.2, 0) is 14.8 Å². The van der Waals surface area contributed by atoms with Crippen molar-refractivity contribution in [2.45, 2.75) is 13.3 Å². The lowest BCUT2D eigenvalue weighted by molar-refractivity contribution is 0.185. The molecular formula is C9H20N2O3S. The van der Waals surface area contributed by atoms with E-state index in [0.29, 0.717) is 19.0 Å². The molecule has 1 rings (SSSR count). The van der Waals surface area contributed by atoms with Crippen molar-refractivity contribution in [1.82, 2.24) is 10.0 Å². The summed E-state index contributed by atoms with van der Waals surface area (Å²) in [4.78, 5) is 0. The summed E-state index contributed by atoms with van der Waals surface area (Å²) < 4.78 is 30.2. The first-order valence-corrected chi connectivity index (χ1v) is 7.05. The van der Waals surface area contributed by atoms with Gasteiger partial charge in [0.05, 0.1) is 12.4 Å². The van der Waals surface area contributed by atoms with Crippen LogP contribution in [0.3, 0.4) is 0 Å². The van der Waals surface area contributed by atoms with Gasteiger partial charge in [0.2, 0.25) is 10.0 Å². The summed E-state index contributed by atoms with van der Waals surface area (Å²) in [5.41, 5.74) is 0. The van der Waals surface area contributed by atoms with Gasteiger partial charge in [0, 0.05) is 26.2 Å². The Morgan fingerprint density at radius 3 is 2.87 bits per heavy atom. The standard InChI is InChI=1S/C9H20N2O3S/c1-2-11-15(12,13)6-4-10-7-9-3-5-14-8-9/h9-11H,2-8H2,1H3. The molecule has 0 bridgehead atoms. The van der Waals surface area contributed by atoms with Gasteiger partial charge >= 0.3 is 0 Å². The molecule has 6 heteroatoms. The van der Waals surface area contributed by atoms with E-state index >= 15 is 0 Å². The van der Waals surface area contributed by atoms with E-state index in [9.17, 15) is 8.42 Å². The van der Waals surface area contributed by atoms with Crippen LogP contribution in [-0.4, -0.2) is 47.0 Å². The highest BCUT2D eigenvalue weighted by atomic mass is 32.2. The van der Waals surface area contributed by atoms with Crippen LogP contribution in [0.2, 0.25) is 0 Å². The van der Waals surface area contributed by atoms with Crippen LogP contribution >= 0.6 is 0 Å². The van der Waals surface area contributed by atoms with Crippen molar-refractivity contribution in [3.8, 4) is 0 Å². The van der Waals surface area contributed by atoms with Gasteiger partial charge < -0.3 is 10.1 Å². The molecule has 2 N–H and O–H groups in total.